The third-order valence-corrected chi connectivity index (χ3v) is 3.36. The van der Waals surface area contributed by atoms with E-state index in [1.807, 2.05) is 37.3 Å². The minimum atomic E-state index is -0.279. The van der Waals surface area contributed by atoms with Crippen LogP contribution in [0.25, 0.3) is 0 Å². The number of hydrogen-bond acceptors (Lipinski definition) is 5. The van der Waals surface area contributed by atoms with Gasteiger partial charge in [-0.25, -0.2) is 10.4 Å². The summed E-state index contributed by atoms with van der Waals surface area (Å²) in [6.45, 7) is 1.93. The van der Waals surface area contributed by atoms with Gasteiger partial charge >= 0.3 is 0 Å². The molecule has 0 unspecified atom stereocenters. The zero-order chi connectivity index (χ0) is 13.7. The number of amides is 1. The van der Waals surface area contributed by atoms with Crippen LogP contribution in [0.15, 0.2) is 35.4 Å². The Morgan fingerprint density at radius 3 is 2.89 bits per heavy atom. The second kappa shape index (κ2) is 6.10. The van der Waals surface area contributed by atoms with E-state index in [9.17, 15) is 4.79 Å². The molecule has 2 rings (SSSR count). The number of aromatic nitrogens is 1. The van der Waals surface area contributed by atoms with E-state index < -0.39 is 0 Å². The number of rotatable bonds is 4. The second-order valence-corrected chi connectivity index (χ2v) is 4.82. The third-order valence-electron chi connectivity index (χ3n) is 2.43. The third kappa shape index (κ3) is 3.38. The normalized spacial score (nSPS) is 10.8. The minimum Gasteiger partial charge on any atom is -0.375 e. The fraction of sp³-hybridized carbons (Fsp3) is 0.154. The van der Waals surface area contributed by atoms with E-state index >= 15 is 0 Å². The number of anilines is 1. The molecule has 3 N–H and O–H groups in total. The Hall–Kier alpha value is -2.21. The average Bonchev–Trinajstić information content (AvgIpc) is 2.81. The van der Waals surface area contributed by atoms with Crippen LogP contribution in [0.2, 0.25) is 0 Å². The molecule has 0 spiro atoms. The Morgan fingerprint density at radius 2 is 2.21 bits per heavy atom. The lowest BCUT2D eigenvalue weighted by atomic mass is 10.2. The van der Waals surface area contributed by atoms with Gasteiger partial charge in [0.1, 0.15) is 4.88 Å². The first-order valence-electron chi connectivity index (χ1n) is 5.84. The van der Waals surface area contributed by atoms with Crippen molar-refractivity contribution in [2.45, 2.75) is 13.3 Å². The molecule has 5 nitrogen and oxygen atoms in total. The van der Waals surface area contributed by atoms with E-state index in [1.165, 1.54) is 11.3 Å². The molecule has 1 aromatic carbocycles. The van der Waals surface area contributed by atoms with Crippen molar-refractivity contribution in [3.8, 4) is 0 Å². The molecule has 0 saturated carbocycles. The van der Waals surface area contributed by atoms with Gasteiger partial charge in [-0.2, -0.15) is 5.10 Å². The van der Waals surface area contributed by atoms with Gasteiger partial charge in [0.2, 0.25) is 0 Å². The zero-order valence-corrected chi connectivity index (χ0v) is 11.3. The number of nitrogens with one attached hydrogen (secondary N) is 1. The molecule has 0 aliphatic carbocycles. The molecule has 0 radical (unpaired) electrons. The molecular formula is C13H14N4OS. The van der Waals surface area contributed by atoms with Crippen molar-refractivity contribution in [3.63, 3.8) is 0 Å². The SMILES string of the molecule is CCc1nc(N)sc1C(=O)N/N=C\c1ccccc1. The molecule has 98 valence electrons. The van der Waals surface area contributed by atoms with Crippen LogP contribution in [0.5, 0.6) is 0 Å². The Morgan fingerprint density at radius 1 is 1.47 bits per heavy atom. The van der Waals surface area contributed by atoms with Crippen LogP contribution in [0, 0.1) is 0 Å². The number of nitrogens with two attached hydrogens (primary N) is 1. The van der Waals surface area contributed by atoms with Crippen LogP contribution >= 0.6 is 11.3 Å². The summed E-state index contributed by atoms with van der Waals surface area (Å²) in [6, 6.07) is 9.53. The van der Waals surface area contributed by atoms with E-state index in [4.69, 9.17) is 5.73 Å². The second-order valence-electron chi connectivity index (χ2n) is 3.79. The van der Waals surface area contributed by atoms with E-state index in [0.717, 1.165) is 5.56 Å². The summed E-state index contributed by atoms with van der Waals surface area (Å²) >= 11 is 1.17. The number of carbonyl (C=O) groups is 1. The number of hydrazone groups is 1. The lowest BCUT2D eigenvalue weighted by Crippen LogP contribution is -2.17. The average molecular weight is 274 g/mol. The molecule has 0 saturated heterocycles. The van der Waals surface area contributed by atoms with Crippen molar-refractivity contribution in [3.05, 3.63) is 46.5 Å². The van der Waals surface area contributed by atoms with E-state index in [0.29, 0.717) is 22.1 Å². The highest BCUT2D eigenvalue weighted by Gasteiger charge is 2.15. The van der Waals surface area contributed by atoms with Crippen LogP contribution in [-0.4, -0.2) is 17.1 Å². The summed E-state index contributed by atoms with van der Waals surface area (Å²) in [6.07, 6.45) is 2.26. The van der Waals surface area contributed by atoms with Crippen LogP contribution in [-0.2, 0) is 6.42 Å². The quantitative estimate of drug-likeness (QED) is 0.661. The van der Waals surface area contributed by atoms with Gasteiger partial charge in [0.05, 0.1) is 11.9 Å². The standard InChI is InChI=1S/C13H14N4OS/c1-2-10-11(19-13(14)16-10)12(18)17-15-8-9-6-4-3-5-7-9/h3-8H,2H2,1H3,(H2,14,16)(H,17,18)/b15-8-. The van der Waals surface area contributed by atoms with Crippen LogP contribution in [0.3, 0.4) is 0 Å². The maximum absolute atomic E-state index is 11.9. The summed E-state index contributed by atoms with van der Waals surface area (Å²) < 4.78 is 0. The van der Waals surface area contributed by atoms with E-state index in [2.05, 4.69) is 15.5 Å². The highest BCUT2D eigenvalue weighted by atomic mass is 32.1. The van der Waals surface area contributed by atoms with Crippen molar-refractivity contribution >= 4 is 28.6 Å². The van der Waals surface area contributed by atoms with Crippen molar-refractivity contribution in [1.29, 1.82) is 0 Å². The van der Waals surface area contributed by atoms with Gasteiger partial charge in [0.25, 0.3) is 5.91 Å². The maximum Gasteiger partial charge on any atom is 0.283 e. The number of thiazole rings is 1. The number of nitrogen functional groups attached to an aromatic ring is 1. The molecule has 0 fully saturated rings. The predicted molar refractivity (Wildman–Crippen MR) is 77.4 cm³/mol. The molecule has 2 aromatic rings. The number of benzene rings is 1. The van der Waals surface area contributed by atoms with Crippen LogP contribution in [0.1, 0.15) is 27.9 Å². The summed E-state index contributed by atoms with van der Waals surface area (Å²) in [5.74, 6) is -0.279. The lowest BCUT2D eigenvalue weighted by Gasteiger charge is -1.98. The number of carbonyl (C=O) groups excluding carboxylic acids is 1. The molecule has 1 heterocycles. The smallest absolute Gasteiger partial charge is 0.283 e. The topological polar surface area (TPSA) is 80.4 Å². The van der Waals surface area contributed by atoms with Gasteiger partial charge in [0, 0.05) is 0 Å². The number of nitrogens with zero attached hydrogens (tertiary/aromatic N) is 2. The Balaban J connectivity index is 2.03. The van der Waals surface area contributed by atoms with Gasteiger partial charge in [0.15, 0.2) is 5.13 Å². The first-order chi connectivity index (χ1) is 9.20. The van der Waals surface area contributed by atoms with Crippen LogP contribution in [0.4, 0.5) is 5.13 Å². The van der Waals surface area contributed by atoms with Crippen molar-refractivity contribution in [2.24, 2.45) is 5.10 Å². The van der Waals surface area contributed by atoms with Crippen molar-refractivity contribution < 1.29 is 4.79 Å². The highest BCUT2D eigenvalue weighted by molar-refractivity contribution is 7.17. The molecule has 0 aliphatic heterocycles. The van der Waals surface area contributed by atoms with Gasteiger partial charge in [-0.3, -0.25) is 4.79 Å². The molecule has 0 bridgehead atoms. The molecule has 6 heteroatoms. The maximum atomic E-state index is 11.9. The van der Waals surface area contributed by atoms with Crippen molar-refractivity contribution in [1.82, 2.24) is 10.4 Å². The van der Waals surface area contributed by atoms with Gasteiger partial charge in [-0.05, 0) is 12.0 Å². The Bertz CT molecular complexity index is 592. The first-order valence-corrected chi connectivity index (χ1v) is 6.66. The number of hydrogen-bond donors (Lipinski definition) is 2. The summed E-state index contributed by atoms with van der Waals surface area (Å²) in [5, 5.41) is 4.31. The fourth-order valence-corrected chi connectivity index (χ4v) is 2.35. The molecule has 1 aromatic heterocycles. The summed E-state index contributed by atoms with van der Waals surface area (Å²) in [5.41, 5.74) is 9.70. The van der Waals surface area contributed by atoms with Gasteiger partial charge in [-0.15, -0.1) is 0 Å². The highest BCUT2D eigenvalue weighted by Crippen LogP contribution is 2.20. The monoisotopic (exact) mass is 274 g/mol. The lowest BCUT2D eigenvalue weighted by molar-refractivity contribution is 0.0958. The minimum absolute atomic E-state index is 0.279. The summed E-state index contributed by atoms with van der Waals surface area (Å²) in [4.78, 5) is 16.5. The van der Waals surface area contributed by atoms with Crippen LogP contribution < -0.4 is 11.2 Å². The largest absolute Gasteiger partial charge is 0.375 e. The van der Waals surface area contributed by atoms with E-state index in [-0.39, 0.29) is 5.91 Å². The first kappa shape index (κ1) is 13.2. The zero-order valence-electron chi connectivity index (χ0n) is 10.5. The molecule has 1 amide bonds. The Labute approximate surface area is 115 Å². The fourth-order valence-electron chi connectivity index (χ4n) is 1.54. The van der Waals surface area contributed by atoms with Gasteiger partial charge in [-0.1, -0.05) is 48.6 Å². The molecular weight excluding hydrogens is 260 g/mol. The number of aryl methyl sites for hydroxylation is 1. The predicted octanol–water partition coefficient (Wildman–Crippen LogP) is 2.05. The molecule has 0 atom stereocenters. The van der Waals surface area contributed by atoms with E-state index in [1.54, 1.807) is 6.21 Å². The summed E-state index contributed by atoms with van der Waals surface area (Å²) in [7, 11) is 0. The molecule has 0 aliphatic rings. The van der Waals surface area contributed by atoms with Crippen molar-refractivity contribution in [2.75, 3.05) is 5.73 Å². The Kier molecular flexibility index (Phi) is 4.25. The van der Waals surface area contributed by atoms with Gasteiger partial charge < -0.3 is 5.73 Å². The molecule has 19 heavy (non-hydrogen) atoms.